The molecule has 0 bridgehead atoms. The van der Waals surface area contributed by atoms with Gasteiger partial charge >= 0.3 is 6.03 Å². The lowest BCUT2D eigenvalue weighted by molar-refractivity contribution is 0.262. The number of H-pyrrole nitrogens is 1. The molecule has 4 aromatic rings. The number of anilines is 2. The second-order valence-corrected chi connectivity index (χ2v) is 6.14. The maximum Gasteiger partial charge on any atom is 0.326 e. The van der Waals surface area contributed by atoms with Crippen molar-refractivity contribution in [2.24, 2.45) is 0 Å². The molecule has 0 unspecified atom stereocenters. The van der Waals surface area contributed by atoms with Gasteiger partial charge in [0.25, 0.3) is 0 Å². The SMILES string of the molecule is Cc1cc2nc(NC(=O)Nc3cccc4ccccc34)[nH]c2cc1C. The van der Waals surface area contributed by atoms with Gasteiger partial charge in [-0.25, -0.2) is 9.78 Å². The van der Waals surface area contributed by atoms with Crippen LogP contribution in [0.4, 0.5) is 16.4 Å². The molecule has 0 aliphatic carbocycles. The summed E-state index contributed by atoms with van der Waals surface area (Å²) in [6.07, 6.45) is 0. The molecule has 0 atom stereocenters. The average Bonchev–Trinajstić information content (AvgIpc) is 2.96. The summed E-state index contributed by atoms with van der Waals surface area (Å²) in [5, 5.41) is 7.73. The zero-order valence-corrected chi connectivity index (χ0v) is 14.1. The fourth-order valence-electron chi connectivity index (χ4n) is 2.92. The predicted octanol–water partition coefficient (Wildman–Crippen LogP) is 4.98. The Kier molecular flexibility index (Phi) is 3.61. The van der Waals surface area contributed by atoms with E-state index in [-0.39, 0.29) is 6.03 Å². The number of carbonyl (C=O) groups excluding carboxylic acids is 1. The monoisotopic (exact) mass is 330 g/mol. The third-order valence-corrected chi connectivity index (χ3v) is 4.37. The topological polar surface area (TPSA) is 69.8 Å². The van der Waals surface area contributed by atoms with E-state index in [1.165, 1.54) is 11.1 Å². The van der Waals surface area contributed by atoms with Gasteiger partial charge in [0.05, 0.1) is 16.7 Å². The summed E-state index contributed by atoms with van der Waals surface area (Å²) in [4.78, 5) is 19.9. The van der Waals surface area contributed by atoms with Gasteiger partial charge in [0.2, 0.25) is 5.95 Å². The first kappa shape index (κ1) is 15.2. The van der Waals surface area contributed by atoms with E-state index in [4.69, 9.17) is 0 Å². The Bertz CT molecular complexity index is 1050. The third-order valence-electron chi connectivity index (χ3n) is 4.37. The summed E-state index contributed by atoms with van der Waals surface area (Å²) in [6.45, 7) is 4.10. The number of amides is 2. The van der Waals surface area contributed by atoms with Crippen molar-refractivity contribution < 1.29 is 4.79 Å². The van der Waals surface area contributed by atoms with Crippen LogP contribution >= 0.6 is 0 Å². The first-order valence-corrected chi connectivity index (χ1v) is 8.13. The zero-order chi connectivity index (χ0) is 17.4. The van der Waals surface area contributed by atoms with E-state index in [0.717, 1.165) is 27.5 Å². The van der Waals surface area contributed by atoms with Crippen LogP contribution in [0.3, 0.4) is 0 Å². The van der Waals surface area contributed by atoms with Crippen molar-refractivity contribution in [2.75, 3.05) is 10.6 Å². The minimum atomic E-state index is -0.330. The molecule has 5 nitrogen and oxygen atoms in total. The molecule has 0 aliphatic heterocycles. The number of imidazole rings is 1. The molecule has 0 fully saturated rings. The third kappa shape index (κ3) is 2.92. The molecule has 1 aromatic heterocycles. The molecule has 2 amide bonds. The zero-order valence-electron chi connectivity index (χ0n) is 14.1. The van der Waals surface area contributed by atoms with E-state index in [0.29, 0.717) is 5.95 Å². The first-order chi connectivity index (χ1) is 12.1. The van der Waals surface area contributed by atoms with E-state index in [1.54, 1.807) is 0 Å². The number of benzene rings is 3. The Morgan fingerprint density at radius 1 is 0.960 bits per heavy atom. The summed E-state index contributed by atoms with van der Waals surface area (Å²) >= 11 is 0. The van der Waals surface area contributed by atoms with Gasteiger partial charge in [-0.2, -0.15) is 0 Å². The molecule has 124 valence electrons. The number of nitrogens with one attached hydrogen (secondary N) is 3. The molecule has 0 saturated carbocycles. The normalized spacial score (nSPS) is 11.0. The van der Waals surface area contributed by atoms with Crippen LogP contribution in [0.1, 0.15) is 11.1 Å². The molecule has 4 rings (SSSR count). The number of rotatable bonds is 2. The van der Waals surface area contributed by atoms with E-state index >= 15 is 0 Å². The first-order valence-electron chi connectivity index (χ1n) is 8.13. The standard InChI is InChI=1S/C20H18N4O/c1-12-10-17-18(11-13(12)2)22-19(21-17)24-20(25)23-16-9-5-7-14-6-3-4-8-15(14)16/h3-11H,1-2H3,(H3,21,22,23,24,25). The summed E-state index contributed by atoms with van der Waals surface area (Å²) in [5.74, 6) is 0.428. The Labute approximate surface area is 145 Å². The molecule has 3 aromatic carbocycles. The fraction of sp³-hybridized carbons (Fsp3) is 0.100. The maximum atomic E-state index is 12.4. The molecular weight excluding hydrogens is 312 g/mol. The minimum Gasteiger partial charge on any atom is -0.324 e. The number of carbonyl (C=O) groups is 1. The highest BCUT2D eigenvalue weighted by atomic mass is 16.2. The van der Waals surface area contributed by atoms with Crippen molar-refractivity contribution in [2.45, 2.75) is 13.8 Å². The van der Waals surface area contributed by atoms with Crippen molar-refractivity contribution in [3.8, 4) is 0 Å². The summed E-state index contributed by atoms with van der Waals surface area (Å²) in [7, 11) is 0. The van der Waals surface area contributed by atoms with Gasteiger partial charge in [-0.3, -0.25) is 5.32 Å². The Morgan fingerprint density at radius 3 is 2.60 bits per heavy atom. The van der Waals surface area contributed by atoms with Crippen molar-refractivity contribution in [1.82, 2.24) is 9.97 Å². The summed E-state index contributed by atoms with van der Waals surface area (Å²) in [5.41, 5.74) is 4.86. The fourth-order valence-corrected chi connectivity index (χ4v) is 2.92. The van der Waals surface area contributed by atoms with Crippen LogP contribution in [0.25, 0.3) is 21.8 Å². The van der Waals surface area contributed by atoms with Crippen LogP contribution in [-0.4, -0.2) is 16.0 Å². The van der Waals surface area contributed by atoms with Crippen LogP contribution < -0.4 is 10.6 Å². The van der Waals surface area contributed by atoms with Crippen LogP contribution in [0.15, 0.2) is 54.6 Å². The van der Waals surface area contributed by atoms with Crippen LogP contribution in [0.2, 0.25) is 0 Å². The van der Waals surface area contributed by atoms with Crippen molar-refractivity contribution in [1.29, 1.82) is 0 Å². The van der Waals surface area contributed by atoms with Gasteiger partial charge in [0, 0.05) is 5.39 Å². The van der Waals surface area contributed by atoms with Crippen molar-refractivity contribution in [3.05, 3.63) is 65.7 Å². The van der Waals surface area contributed by atoms with Gasteiger partial charge in [-0.05, 0) is 48.6 Å². The summed E-state index contributed by atoms with van der Waals surface area (Å²) in [6, 6.07) is 17.5. The highest BCUT2D eigenvalue weighted by Crippen LogP contribution is 2.23. The number of urea groups is 1. The maximum absolute atomic E-state index is 12.4. The van der Waals surface area contributed by atoms with Crippen molar-refractivity contribution >= 4 is 39.5 Å². The highest BCUT2D eigenvalue weighted by molar-refractivity contribution is 6.06. The quantitative estimate of drug-likeness (QED) is 0.485. The second-order valence-electron chi connectivity index (χ2n) is 6.14. The number of nitrogens with zero attached hydrogens (tertiary/aromatic N) is 1. The van der Waals surface area contributed by atoms with E-state index in [1.807, 2.05) is 61.5 Å². The molecule has 0 radical (unpaired) electrons. The lowest BCUT2D eigenvalue weighted by Gasteiger charge is -2.08. The Balaban J connectivity index is 1.57. The van der Waals surface area contributed by atoms with Gasteiger partial charge in [0.1, 0.15) is 0 Å². The molecule has 0 spiro atoms. The molecule has 3 N–H and O–H groups in total. The van der Waals surface area contributed by atoms with Crippen LogP contribution in [-0.2, 0) is 0 Å². The van der Waals surface area contributed by atoms with Gasteiger partial charge in [-0.15, -0.1) is 0 Å². The second kappa shape index (κ2) is 5.94. The largest absolute Gasteiger partial charge is 0.326 e. The van der Waals surface area contributed by atoms with E-state index in [9.17, 15) is 4.79 Å². The van der Waals surface area contributed by atoms with E-state index < -0.39 is 0 Å². The molecule has 0 saturated heterocycles. The number of hydrogen-bond acceptors (Lipinski definition) is 2. The smallest absolute Gasteiger partial charge is 0.324 e. The van der Waals surface area contributed by atoms with E-state index in [2.05, 4.69) is 27.5 Å². The lowest BCUT2D eigenvalue weighted by Crippen LogP contribution is -2.20. The number of aromatic amines is 1. The van der Waals surface area contributed by atoms with Crippen LogP contribution in [0, 0.1) is 13.8 Å². The van der Waals surface area contributed by atoms with Crippen LogP contribution in [0.5, 0.6) is 0 Å². The minimum absolute atomic E-state index is 0.330. The predicted molar refractivity (Wildman–Crippen MR) is 102 cm³/mol. The number of aryl methyl sites for hydroxylation is 2. The lowest BCUT2D eigenvalue weighted by atomic mass is 10.1. The molecule has 0 aliphatic rings. The van der Waals surface area contributed by atoms with Gasteiger partial charge in [-0.1, -0.05) is 36.4 Å². The molecule has 25 heavy (non-hydrogen) atoms. The molecule has 1 heterocycles. The number of hydrogen-bond donors (Lipinski definition) is 3. The number of aromatic nitrogens is 2. The van der Waals surface area contributed by atoms with Crippen molar-refractivity contribution in [3.63, 3.8) is 0 Å². The Morgan fingerprint density at radius 2 is 1.72 bits per heavy atom. The molecular formula is C20H18N4O. The molecule has 5 heteroatoms. The average molecular weight is 330 g/mol. The van der Waals surface area contributed by atoms with Gasteiger partial charge < -0.3 is 10.3 Å². The summed E-state index contributed by atoms with van der Waals surface area (Å²) < 4.78 is 0. The number of fused-ring (bicyclic) bond motifs is 2. The Hall–Kier alpha value is -3.34. The van der Waals surface area contributed by atoms with Gasteiger partial charge in [0.15, 0.2) is 0 Å². The highest BCUT2D eigenvalue weighted by Gasteiger charge is 2.09.